The van der Waals surface area contributed by atoms with Gasteiger partial charge in [-0.2, -0.15) is 0 Å². The van der Waals surface area contributed by atoms with Gasteiger partial charge in [0.25, 0.3) is 5.91 Å². The third-order valence-corrected chi connectivity index (χ3v) is 6.54. The van der Waals surface area contributed by atoms with Crippen molar-refractivity contribution in [3.05, 3.63) is 51.1 Å². The number of thiocarbonyl (C=S) groups is 1. The molecule has 1 fully saturated rings. The number of carbonyl (C=O) groups is 3. The molecule has 0 atom stereocenters. The second-order valence-corrected chi connectivity index (χ2v) is 9.01. The molecule has 2 amide bonds. The minimum Gasteiger partial charge on any atom is -0.462 e. The average Bonchev–Trinajstić information content (AvgIpc) is 3.21. The third kappa shape index (κ3) is 5.75. The largest absolute Gasteiger partial charge is 0.462 e. The second-order valence-electron chi connectivity index (χ2n) is 6.34. The van der Waals surface area contributed by atoms with Crippen LogP contribution in [0.15, 0.2) is 29.2 Å². The molecule has 0 spiro atoms. The van der Waals surface area contributed by atoms with Crippen molar-refractivity contribution in [2.75, 3.05) is 18.5 Å². The van der Waals surface area contributed by atoms with E-state index in [9.17, 15) is 18.8 Å². The zero-order chi connectivity index (χ0) is 22.5. The summed E-state index contributed by atoms with van der Waals surface area (Å²) in [5, 5.41) is 2.92. The third-order valence-electron chi connectivity index (χ3n) is 4.11. The fraction of sp³-hybridized carbons (Fsp3) is 0.250. The lowest BCUT2D eigenvalue weighted by molar-refractivity contribution is -0.122. The predicted octanol–water partition coefficient (Wildman–Crippen LogP) is 4.00. The molecule has 7 nitrogen and oxygen atoms in total. The summed E-state index contributed by atoms with van der Waals surface area (Å²) in [4.78, 5) is 43.1. The molecule has 1 aliphatic rings. The Hall–Kier alpha value is -2.63. The number of aromatic nitrogens is 1. The number of halogens is 1. The Morgan fingerprint density at radius 3 is 2.71 bits per heavy atom. The molecule has 1 aromatic heterocycles. The van der Waals surface area contributed by atoms with E-state index in [1.54, 1.807) is 32.1 Å². The maximum absolute atomic E-state index is 13.0. The van der Waals surface area contributed by atoms with Crippen LogP contribution in [0.4, 0.5) is 9.52 Å². The number of carbonyl (C=O) groups excluding carboxylic acids is 3. The summed E-state index contributed by atoms with van der Waals surface area (Å²) in [6.45, 7) is 3.72. The van der Waals surface area contributed by atoms with Crippen LogP contribution in [0.5, 0.6) is 0 Å². The van der Waals surface area contributed by atoms with Gasteiger partial charge < -0.3 is 10.1 Å². The molecule has 2 heterocycles. The average molecular weight is 480 g/mol. The normalized spacial score (nSPS) is 14.9. The van der Waals surface area contributed by atoms with Gasteiger partial charge in [-0.3, -0.25) is 14.5 Å². The van der Waals surface area contributed by atoms with Crippen molar-refractivity contribution in [3.8, 4) is 0 Å². The quantitative estimate of drug-likeness (QED) is 0.365. The topological polar surface area (TPSA) is 88.6 Å². The number of benzene rings is 1. The molecule has 1 saturated heterocycles. The van der Waals surface area contributed by atoms with Crippen LogP contribution in [0.25, 0.3) is 6.08 Å². The van der Waals surface area contributed by atoms with Gasteiger partial charge in [-0.1, -0.05) is 47.4 Å². The van der Waals surface area contributed by atoms with E-state index in [-0.39, 0.29) is 42.3 Å². The fourth-order valence-corrected chi connectivity index (χ4v) is 4.82. The highest BCUT2D eigenvalue weighted by molar-refractivity contribution is 8.26. The van der Waals surface area contributed by atoms with Crippen LogP contribution < -0.4 is 5.32 Å². The highest BCUT2D eigenvalue weighted by Crippen LogP contribution is 2.32. The van der Waals surface area contributed by atoms with E-state index in [1.807, 2.05) is 0 Å². The van der Waals surface area contributed by atoms with Gasteiger partial charge in [-0.15, -0.1) is 0 Å². The molecule has 0 saturated carbocycles. The minimum atomic E-state index is -0.483. The van der Waals surface area contributed by atoms with Crippen molar-refractivity contribution in [1.29, 1.82) is 0 Å². The number of thioether (sulfide) groups is 1. The summed E-state index contributed by atoms with van der Waals surface area (Å²) >= 11 is 7.43. The van der Waals surface area contributed by atoms with Crippen LogP contribution >= 0.6 is 35.3 Å². The van der Waals surface area contributed by atoms with Crippen molar-refractivity contribution >= 4 is 68.6 Å². The molecule has 0 bridgehead atoms. The number of hydrogen-bond acceptors (Lipinski definition) is 8. The zero-order valence-corrected chi connectivity index (χ0v) is 19.1. The number of nitrogens with one attached hydrogen (secondary N) is 1. The summed E-state index contributed by atoms with van der Waals surface area (Å²) < 4.78 is 18.4. The van der Waals surface area contributed by atoms with E-state index < -0.39 is 5.97 Å². The molecule has 1 N–H and O–H groups in total. The fourth-order valence-electron chi connectivity index (χ4n) is 2.63. The van der Waals surface area contributed by atoms with E-state index in [1.165, 1.54) is 17.0 Å². The molecule has 0 radical (unpaired) electrons. The lowest BCUT2D eigenvalue weighted by Crippen LogP contribution is -2.31. The van der Waals surface area contributed by atoms with Crippen LogP contribution in [0.2, 0.25) is 0 Å². The SMILES string of the molecule is CCOC(=O)c1sc(NC(=O)CCN2C(=O)/C(=C/c3ccc(F)cc3)SC2=S)nc1C. The first-order valence-electron chi connectivity index (χ1n) is 9.23. The van der Waals surface area contributed by atoms with Crippen molar-refractivity contribution in [2.45, 2.75) is 20.3 Å². The molecule has 2 aromatic rings. The monoisotopic (exact) mass is 479 g/mol. The maximum atomic E-state index is 13.0. The van der Waals surface area contributed by atoms with Gasteiger partial charge in [0.15, 0.2) is 5.13 Å². The lowest BCUT2D eigenvalue weighted by Gasteiger charge is -2.13. The van der Waals surface area contributed by atoms with Crippen molar-refractivity contribution in [1.82, 2.24) is 9.88 Å². The maximum Gasteiger partial charge on any atom is 0.350 e. The molecule has 3 rings (SSSR count). The molecule has 0 unspecified atom stereocenters. The summed E-state index contributed by atoms with van der Waals surface area (Å²) in [6.07, 6.45) is 1.64. The number of amides is 2. The highest BCUT2D eigenvalue weighted by Gasteiger charge is 2.32. The zero-order valence-electron chi connectivity index (χ0n) is 16.6. The van der Waals surface area contributed by atoms with Gasteiger partial charge in [0.2, 0.25) is 5.91 Å². The molecule has 1 aliphatic heterocycles. The van der Waals surface area contributed by atoms with Gasteiger partial charge in [-0.05, 0) is 37.6 Å². The van der Waals surface area contributed by atoms with Gasteiger partial charge in [-0.25, -0.2) is 14.2 Å². The Morgan fingerprint density at radius 2 is 2.03 bits per heavy atom. The van der Waals surface area contributed by atoms with Gasteiger partial charge >= 0.3 is 5.97 Å². The molecular formula is C20H18FN3O4S3. The Bertz CT molecular complexity index is 1070. The smallest absolute Gasteiger partial charge is 0.350 e. The van der Waals surface area contributed by atoms with Crippen LogP contribution in [0.1, 0.15) is 34.3 Å². The second kappa shape index (κ2) is 10.1. The molecule has 11 heteroatoms. The predicted molar refractivity (Wildman–Crippen MR) is 122 cm³/mol. The first kappa shape index (κ1) is 23.0. The number of rotatable bonds is 7. The van der Waals surface area contributed by atoms with Crippen molar-refractivity contribution < 1.29 is 23.5 Å². The van der Waals surface area contributed by atoms with Gasteiger partial charge in [0, 0.05) is 13.0 Å². The number of ether oxygens (including phenoxy) is 1. The van der Waals surface area contributed by atoms with Crippen LogP contribution in [-0.2, 0) is 14.3 Å². The van der Waals surface area contributed by atoms with E-state index in [4.69, 9.17) is 17.0 Å². The first-order valence-corrected chi connectivity index (χ1v) is 11.3. The Kier molecular flexibility index (Phi) is 7.52. The van der Waals surface area contributed by atoms with Gasteiger partial charge in [0.1, 0.15) is 15.0 Å². The van der Waals surface area contributed by atoms with Crippen LogP contribution in [0, 0.1) is 12.7 Å². The van der Waals surface area contributed by atoms with Crippen molar-refractivity contribution in [2.24, 2.45) is 0 Å². The molecule has 1 aromatic carbocycles. The lowest BCUT2D eigenvalue weighted by atomic mass is 10.2. The van der Waals surface area contributed by atoms with E-state index >= 15 is 0 Å². The number of anilines is 1. The van der Waals surface area contributed by atoms with Crippen LogP contribution in [0.3, 0.4) is 0 Å². The summed E-state index contributed by atoms with van der Waals surface area (Å²) in [7, 11) is 0. The number of esters is 1. The minimum absolute atomic E-state index is 0.00361. The van der Waals surface area contributed by atoms with E-state index in [2.05, 4.69) is 10.3 Å². The molecule has 31 heavy (non-hydrogen) atoms. The number of thiazole rings is 1. The summed E-state index contributed by atoms with van der Waals surface area (Å²) in [6, 6.07) is 5.75. The van der Waals surface area contributed by atoms with Gasteiger partial charge in [0.05, 0.1) is 17.2 Å². The molecule has 162 valence electrons. The summed E-state index contributed by atoms with van der Waals surface area (Å²) in [5.41, 5.74) is 1.15. The highest BCUT2D eigenvalue weighted by atomic mass is 32.2. The Balaban J connectivity index is 1.58. The number of nitrogens with zero attached hydrogens (tertiary/aromatic N) is 2. The standard InChI is InChI=1S/C20H18FN3O4S3/c1-3-28-18(27)16-11(2)22-19(31-16)23-15(25)8-9-24-17(26)14(30-20(24)29)10-12-4-6-13(21)7-5-12/h4-7,10H,3,8-9H2,1-2H3,(H,22,23,25)/b14-10-. The number of hydrogen-bond donors (Lipinski definition) is 1. The van der Waals surface area contributed by atoms with E-state index in [0.29, 0.717) is 25.4 Å². The van der Waals surface area contributed by atoms with Crippen molar-refractivity contribution in [3.63, 3.8) is 0 Å². The molecular weight excluding hydrogens is 461 g/mol. The summed E-state index contributed by atoms with van der Waals surface area (Å²) in [5.74, 6) is -1.51. The Morgan fingerprint density at radius 1 is 1.32 bits per heavy atom. The number of aryl methyl sites for hydroxylation is 1. The Labute approximate surface area is 191 Å². The first-order chi connectivity index (χ1) is 14.8. The molecule has 0 aliphatic carbocycles. The van der Waals surface area contributed by atoms with E-state index in [0.717, 1.165) is 23.1 Å². The van der Waals surface area contributed by atoms with Crippen LogP contribution in [-0.4, -0.2) is 45.1 Å².